The predicted octanol–water partition coefficient (Wildman–Crippen LogP) is 5.55. The van der Waals surface area contributed by atoms with Crippen LogP contribution in [0, 0.1) is 11.8 Å². The minimum atomic E-state index is -3.05. The molecule has 0 radical (unpaired) electrons. The van der Waals surface area contributed by atoms with E-state index in [0.717, 1.165) is 49.8 Å². The SMILES string of the molecule is O=C(N[C@H]1CC[C@H](CN2C(=O)C3(CCN(C(=O)C4CC4)CC3)c3ccccc32)CC1)c1cc(Cl)ccc1OC(F)F. The Hall–Kier alpha value is -3.20. The number of amides is 3. The lowest BCUT2D eigenvalue weighted by atomic mass is 9.73. The number of nitrogens with zero attached hydrogens (tertiary/aromatic N) is 2. The molecular weight excluding hydrogens is 552 g/mol. The zero-order valence-electron chi connectivity index (χ0n) is 22.8. The first-order valence-electron chi connectivity index (χ1n) is 14.5. The molecule has 0 bridgehead atoms. The van der Waals surface area contributed by atoms with Gasteiger partial charge in [0, 0.05) is 42.3 Å². The van der Waals surface area contributed by atoms with Gasteiger partial charge in [0.2, 0.25) is 11.8 Å². The molecule has 2 aliphatic heterocycles. The van der Waals surface area contributed by atoms with Crippen LogP contribution in [0.5, 0.6) is 5.75 Å². The lowest BCUT2D eigenvalue weighted by Crippen LogP contribution is -2.51. The number of fused-ring (bicyclic) bond motifs is 2. The first-order chi connectivity index (χ1) is 19.7. The van der Waals surface area contributed by atoms with Gasteiger partial charge < -0.3 is 19.9 Å². The van der Waals surface area contributed by atoms with Crippen molar-refractivity contribution in [3.63, 3.8) is 0 Å². The second-order valence-electron chi connectivity index (χ2n) is 11.8. The Kier molecular flexibility index (Phi) is 7.66. The Morgan fingerprint density at radius 2 is 1.73 bits per heavy atom. The number of carbonyl (C=O) groups is 3. The Labute approximate surface area is 243 Å². The molecule has 41 heavy (non-hydrogen) atoms. The summed E-state index contributed by atoms with van der Waals surface area (Å²) in [7, 11) is 0. The van der Waals surface area contributed by atoms with Crippen LogP contribution in [-0.2, 0) is 15.0 Å². The molecular formula is C31H34ClF2N3O4. The summed E-state index contributed by atoms with van der Waals surface area (Å²) < 4.78 is 30.1. The molecule has 2 aliphatic carbocycles. The van der Waals surface area contributed by atoms with Crippen LogP contribution in [0.1, 0.15) is 67.3 Å². The molecule has 218 valence electrons. The Bertz CT molecular complexity index is 1330. The van der Waals surface area contributed by atoms with Gasteiger partial charge in [-0.1, -0.05) is 29.8 Å². The largest absolute Gasteiger partial charge is 0.434 e. The number of ether oxygens (including phenoxy) is 1. The van der Waals surface area contributed by atoms with Gasteiger partial charge in [-0.25, -0.2) is 0 Å². The van der Waals surface area contributed by atoms with Crippen molar-refractivity contribution in [2.24, 2.45) is 11.8 Å². The summed E-state index contributed by atoms with van der Waals surface area (Å²) in [6.07, 6.45) is 6.35. The van der Waals surface area contributed by atoms with Crippen LogP contribution in [-0.4, -0.2) is 54.9 Å². The highest BCUT2D eigenvalue weighted by molar-refractivity contribution is 6.31. The Morgan fingerprint density at radius 1 is 1.02 bits per heavy atom. The molecule has 2 heterocycles. The van der Waals surface area contributed by atoms with Crippen molar-refractivity contribution in [1.82, 2.24) is 10.2 Å². The Morgan fingerprint density at radius 3 is 2.41 bits per heavy atom. The fourth-order valence-corrected chi connectivity index (χ4v) is 7.02. The number of benzene rings is 2. The van der Waals surface area contributed by atoms with E-state index in [4.69, 9.17) is 11.6 Å². The predicted molar refractivity (Wildman–Crippen MR) is 150 cm³/mol. The van der Waals surface area contributed by atoms with Gasteiger partial charge in [0.1, 0.15) is 5.75 Å². The highest BCUT2D eigenvalue weighted by atomic mass is 35.5. The zero-order valence-corrected chi connectivity index (χ0v) is 23.5. The highest BCUT2D eigenvalue weighted by Gasteiger charge is 2.53. The highest BCUT2D eigenvalue weighted by Crippen LogP contribution is 2.49. The summed E-state index contributed by atoms with van der Waals surface area (Å²) in [5.74, 6) is 0.135. The maximum atomic E-state index is 14.0. The van der Waals surface area contributed by atoms with Crippen LogP contribution >= 0.6 is 11.6 Å². The molecule has 1 spiro atoms. The molecule has 2 saturated carbocycles. The molecule has 7 nitrogen and oxygen atoms in total. The van der Waals surface area contributed by atoms with Gasteiger partial charge in [-0.15, -0.1) is 0 Å². The first-order valence-corrected chi connectivity index (χ1v) is 14.9. The normalized spacial score (nSPS) is 23.6. The third-order valence-corrected chi connectivity index (χ3v) is 9.48. The molecule has 1 saturated heterocycles. The van der Waals surface area contributed by atoms with Crippen molar-refractivity contribution in [3.05, 3.63) is 58.6 Å². The minimum absolute atomic E-state index is 0.0191. The summed E-state index contributed by atoms with van der Waals surface area (Å²) in [6, 6.07) is 12.0. The van der Waals surface area contributed by atoms with Crippen molar-refractivity contribution < 1.29 is 27.9 Å². The molecule has 3 fully saturated rings. The van der Waals surface area contributed by atoms with E-state index in [2.05, 4.69) is 16.1 Å². The summed E-state index contributed by atoms with van der Waals surface area (Å²) in [6.45, 7) is -1.20. The van der Waals surface area contributed by atoms with Crippen LogP contribution in [0.4, 0.5) is 14.5 Å². The number of nitrogens with one attached hydrogen (secondary N) is 1. The van der Waals surface area contributed by atoms with E-state index in [9.17, 15) is 23.2 Å². The molecule has 1 N–H and O–H groups in total. The molecule has 2 aromatic rings. The van der Waals surface area contributed by atoms with Crippen molar-refractivity contribution in [2.75, 3.05) is 24.5 Å². The maximum Gasteiger partial charge on any atom is 0.387 e. The van der Waals surface area contributed by atoms with Gasteiger partial charge in [-0.3, -0.25) is 14.4 Å². The average molecular weight is 586 g/mol. The Balaban J connectivity index is 1.08. The van der Waals surface area contributed by atoms with E-state index in [1.54, 1.807) is 0 Å². The number of piperidine rings is 1. The first kappa shape index (κ1) is 27.9. The molecule has 0 aromatic heterocycles. The van der Waals surface area contributed by atoms with Crippen LogP contribution in [0.15, 0.2) is 42.5 Å². The van der Waals surface area contributed by atoms with Crippen LogP contribution in [0.3, 0.4) is 0 Å². The number of carbonyl (C=O) groups excluding carboxylic acids is 3. The number of likely N-dealkylation sites (tertiary alicyclic amines) is 1. The number of para-hydroxylation sites is 1. The number of alkyl halides is 2. The van der Waals surface area contributed by atoms with Crippen LogP contribution in [0.25, 0.3) is 0 Å². The molecule has 0 atom stereocenters. The van der Waals surface area contributed by atoms with E-state index in [1.165, 1.54) is 18.2 Å². The molecule has 10 heteroatoms. The van der Waals surface area contributed by atoms with E-state index in [0.29, 0.717) is 32.5 Å². The fraction of sp³-hybridized carbons (Fsp3) is 0.516. The van der Waals surface area contributed by atoms with Crippen LogP contribution in [0.2, 0.25) is 5.02 Å². The molecule has 4 aliphatic rings. The van der Waals surface area contributed by atoms with Crippen molar-refractivity contribution in [3.8, 4) is 5.75 Å². The molecule has 2 aromatic carbocycles. The number of hydrogen-bond acceptors (Lipinski definition) is 4. The van der Waals surface area contributed by atoms with Crippen LogP contribution < -0.4 is 15.0 Å². The van der Waals surface area contributed by atoms with Gasteiger partial charge in [-0.2, -0.15) is 8.78 Å². The molecule has 0 unspecified atom stereocenters. The van der Waals surface area contributed by atoms with E-state index < -0.39 is 17.9 Å². The van der Waals surface area contributed by atoms with Crippen molar-refractivity contribution in [2.45, 2.75) is 69.4 Å². The molecule has 6 rings (SSSR count). The van der Waals surface area contributed by atoms with Crippen molar-refractivity contribution >= 4 is 35.0 Å². The monoisotopic (exact) mass is 585 g/mol. The average Bonchev–Trinajstić information content (AvgIpc) is 3.80. The maximum absolute atomic E-state index is 14.0. The summed E-state index contributed by atoms with van der Waals surface area (Å²) in [4.78, 5) is 43.5. The third kappa shape index (κ3) is 5.53. The fourth-order valence-electron chi connectivity index (χ4n) is 6.85. The van der Waals surface area contributed by atoms with E-state index >= 15 is 0 Å². The van der Waals surface area contributed by atoms with Gasteiger partial charge in [0.15, 0.2) is 0 Å². The van der Waals surface area contributed by atoms with E-state index in [-0.39, 0.29) is 46.0 Å². The lowest BCUT2D eigenvalue weighted by Gasteiger charge is -2.39. The number of hydrogen-bond donors (Lipinski definition) is 1. The number of anilines is 1. The smallest absolute Gasteiger partial charge is 0.387 e. The number of halogens is 3. The quantitative estimate of drug-likeness (QED) is 0.462. The van der Waals surface area contributed by atoms with Gasteiger partial charge in [-0.05, 0) is 87.1 Å². The van der Waals surface area contributed by atoms with Gasteiger partial charge in [0.05, 0.1) is 11.0 Å². The van der Waals surface area contributed by atoms with Crippen molar-refractivity contribution in [1.29, 1.82) is 0 Å². The van der Waals surface area contributed by atoms with Gasteiger partial charge in [0.25, 0.3) is 5.91 Å². The summed E-state index contributed by atoms with van der Waals surface area (Å²) >= 11 is 6.01. The van der Waals surface area contributed by atoms with E-state index in [1.807, 2.05) is 28.0 Å². The number of rotatable bonds is 7. The lowest BCUT2D eigenvalue weighted by molar-refractivity contribution is -0.136. The van der Waals surface area contributed by atoms with Gasteiger partial charge >= 0.3 is 6.61 Å². The summed E-state index contributed by atoms with van der Waals surface area (Å²) in [5, 5.41) is 3.21. The second kappa shape index (κ2) is 11.2. The minimum Gasteiger partial charge on any atom is -0.434 e. The molecule has 3 amide bonds. The second-order valence-corrected chi connectivity index (χ2v) is 12.3. The topological polar surface area (TPSA) is 79.0 Å². The third-order valence-electron chi connectivity index (χ3n) is 9.25. The zero-order chi connectivity index (χ0) is 28.7. The standard InChI is InChI=1S/C31H34ClF2N3O4/c32-21-9-12-26(41-30(33)34)23(17-21)27(38)35-22-10-5-19(6-11-22)18-37-25-4-2-1-3-24(25)31(29(37)40)13-15-36(16-14-31)28(39)20-7-8-20/h1-4,9,12,17,19-20,22,30H,5-8,10-11,13-16,18H2,(H,35,38)/t19-,22-. The summed E-state index contributed by atoms with van der Waals surface area (Å²) in [5.41, 5.74) is 1.46.